The van der Waals surface area contributed by atoms with Crippen LogP contribution in [0.15, 0.2) is 24.3 Å². The molecule has 1 saturated heterocycles. The Morgan fingerprint density at radius 3 is 2.58 bits per heavy atom. The van der Waals surface area contributed by atoms with Crippen molar-refractivity contribution in [2.45, 2.75) is 43.9 Å². The van der Waals surface area contributed by atoms with Crippen molar-refractivity contribution in [3.63, 3.8) is 0 Å². The third kappa shape index (κ3) is 3.51. The maximum atomic E-state index is 12.7. The summed E-state index contributed by atoms with van der Waals surface area (Å²) in [5.41, 5.74) is -1.42. The Balaban J connectivity index is 1.58. The fourth-order valence-electron chi connectivity index (χ4n) is 3.40. The number of nitrogens with zero attached hydrogens (tertiary/aromatic N) is 1. The third-order valence-corrected chi connectivity index (χ3v) is 4.75. The molecule has 140 valence electrons. The molecule has 6 nitrogen and oxygen atoms in total. The van der Waals surface area contributed by atoms with Crippen molar-refractivity contribution in [2.75, 3.05) is 6.54 Å². The average molecular weight is 369 g/mol. The smallest absolute Gasteiger partial charge is 0.350 e. The van der Waals surface area contributed by atoms with E-state index in [1.165, 1.54) is 12.1 Å². The van der Waals surface area contributed by atoms with Crippen LogP contribution in [0, 0.1) is 0 Å². The van der Waals surface area contributed by atoms with E-state index in [-0.39, 0.29) is 12.1 Å². The largest absolute Gasteiger partial charge is 0.416 e. The minimum absolute atomic E-state index is 0.127. The molecule has 1 aliphatic heterocycles. The number of carbonyl (C=O) groups is 3. The summed E-state index contributed by atoms with van der Waals surface area (Å²) in [6.07, 6.45) is -1.68. The first-order valence-corrected chi connectivity index (χ1v) is 8.28. The fourth-order valence-corrected chi connectivity index (χ4v) is 3.40. The molecule has 1 aromatic carbocycles. The molecule has 0 unspecified atom stereocenters. The van der Waals surface area contributed by atoms with Crippen LogP contribution in [0.2, 0.25) is 0 Å². The quantitative estimate of drug-likeness (QED) is 0.799. The number of hydrogen-bond donors (Lipinski definition) is 2. The van der Waals surface area contributed by atoms with Crippen LogP contribution in [-0.4, -0.2) is 34.8 Å². The van der Waals surface area contributed by atoms with E-state index in [0.29, 0.717) is 12.8 Å². The first-order valence-electron chi connectivity index (χ1n) is 8.28. The van der Waals surface area contributed by atoms with Gasteiger partial charge in [0.1, 0.15) is 12.1 Å². The molecule has 3 rings (SSSR count). The lowest BCUT2D eigenvalue weighted by molar-refractivity contribution is -0.137. The average Bonchev–Trinajstić information content (AvgIpc) is 3.14. The number of alkyl halides is 3. The van der Waals surface area contributed by atoms with Crippen LogP contribution >= 0.6 is 0 Å². The number of hydrogen-bond acceptors (Lipinski definition) is 3. The number of nitrogens with one attached hydrogen (secondary N) is 2. The van der Waals surface area contributed by atoms with Crippen LogP contribution in [0.25, 0.3) is 0 Å². The zero-order valence-electron chi connectivity index (χ0n) is 13.9. The van der Waals surface area contributed by atoms with E-state index in [1.54, 1.807) is 0 Å². The van der Waals surface area contributed by atoms with Gasteiger partial charge in [-0.1, -0.05) is 25.0 Å². The normalized spacial score (nSPS) is 19.1. The van der Waals surface area contributed by atoms with Gasteiger partial charge in [0, 0.05) is 6.54 Å². The summed E-state index contributed by atoms with van der Waals surface area (Å²) in [5, 5.41) is 5.11. The predicted octanol–water partition coefficient (Wildman–Crippen LogP) is 2.19. The first-order chi connectivity index (χ1) is 12.2. The molecular formula is C17H18F3N3O3. The summed E-state index contributed by atoms with van der Waals surface area (Å²) in [6, 6.07) is 4.00. The SMILES string of the molecule is O=C(CN1C(=O)NC2(CCCC2)C1=O)NCc1cccc(C(F)(F)F)c1. The third-order valence-electron chi connectivity index (χ3n) is 4.75. The number of rotatable bonds is 4. The molecule has 2 fully saturated rings. The fraction of sp³-hybridized carbons (Fsp3) is 0.471. The zero-order chi connectivity index (χ0) is 18.9. The lowest BCUT2D eigenvalue weighted by Crippen LogP contribution is -2.45. The molecule has 2 aliphatic rings. The van der Waals surface area contributed by atoms with Crippen LogP contribution in [0.1, 0.15) is 36.8 Å². The van der Waals surface area contributed by atoms with E-state index in [1.807, 2.05) is 0 Å². The molecule has 0 aromatic heterocycles. The maximum Gasteiger partial charge on any atom is 0.416 e. The molecule has 0 atom stereocenters. The van der Waals surface area contributed by atoms with Gasteiger partial charge in [0.15, 0.2) is 0 Å². The zero-order valence-corrected chi connectivity index (χ0v) is 13.9. The lowest BCUT2D eigenvalue weighted by Gasteiger charge is -2.19. The number of halogens is 3. The summed E-state index contributed by atoms with van der Waals surface area (Å²) >= 11 is 0. The Labute approximate surface area is 147 Å². The van der Waals surface area contributed by atoms with E-state index >= 15 is 0 Å². The van der Waals surface area contributed by atoms with Crippen molar-refractivity contribution in [2.24, 2.45) is 0 Å². The van der Waals surface area contributed by atoms with Gasteiger partial charge >= 0.3 is 12.2 Å². The van der Waals surface area contributed by atoms with Gasteiger partial charge in [-0.25, -0.2) is 4.79 Å². The number of benzene rings is 1. The van der Waals surface area contributed by atoms with E-state index < -0.39 is 41.7 Å². The van der Waals surface area contributed by atoms with E-state index in [4.69, 9.17) is 0 Å². The lowest BCUT2D eigenvalue weighted by atomic mass is 9.98. The van der Waals surface area contributed by atoms with Gasteiger partial charge in [-0.3, -0.25) is 14.5 Å². The Bertz CT molecular complexity index is 742. The van der Waals surface area contributed by atoms with Crippen molar-refractivity contribution in [3.8, 4) is 0 Å². The van der Waals surface area contributed by atoms with Gasteiger partial charge in [-0.05, 0) is 30.5 Å². The van der Waals surface area contributed by atoms with Crippen LogP contribution < -0.4 is 10.6 Å². The highest BCUT2D eigenvalue weighted by Crippen LogP contribution is 2.35. The molecule has 1 aromatic rings. The number of urea groups is 1. The Hall–Kier alpha value is -2.58. The molecule has 4 amide bonds. The summed E-state index contributed by atoms with van der Waals surface area (Å²) in [7, 11) is 0. The summed E-state index contributed by atoms with van der Waals surface area (Å²) in [5.74, 6) is -1.02. The second-order valence-corrected chi connectivity index (χ2v) is 6.59. The van der Waals surface area contributed by atoms with Crippen LogP contribution in [0.3, 0.4) is 0 Å². The first kappa shape index (κ1) is 18.2. The van der Waals surface area contributed by atoms with Crippen molar-refractivity contribution in [3.05, 3.63) is 35.4 Å². The second kappa shape index (κ2) is 6.62. The maximum absolute atomic E-state index is 12.7. The standard InChI is InChI=1S/C17H18F3N3O3/c18-17(19,20)12-5-3-4-11(8-12)9-21-13(24)10-23-14(25)16(22-15(23)26)6-1-2-7-16/h3-5,8H,1-2,6-7,9-10H2,(H,21,24)(H,22,26). The molecule has 1 spiro atoms. The molecule has 1 aliphatic carbocycles. The van der Waals surface area contributed by atoms with Crippen molar-refractivity contribution in [1.29, 1.82) is 0 Å². The summed E-state index contributed by atoms with van der Waals surface area (Å²) in [6.45, 7) is -0.580. The minimum atomic E-state index is -4.46. The molecule has 2 N–H and O–H groups in total. The Morgan fingerprint density at radius 2 is 1.92 bits per heavy atom. The highest BCUT2D eigenvalue weighted by Gasteiger charge is 2.52. The molecule has 26 heavy (non-hydrogen) atoms. The topological polar surface area (TPSA) is 78.5 Å². The van der Waals surface area contributed by atoms with Gasteiger partial charge in [-0.2, -0.15) is 13.2 Å². The van der Waals surface area contributed by atoms with Gasteiger partial charge in [0.2, 0.25) is 5.91 Å². The number of amides is 4. The van der Waals surface area contributed by atoms with Crippen molar-refractivity contribution >= 4 is 17.8 Å². The highest BCUT2D eigenvalue weighted by molar-refractivity contribution is 6.09. The van der Waals surface area contributed by atoms with Gasteiger partial charge in [-0.15, -0.1) is 0 Å². The van der Waals surface area contributed by atoms with Crippen LogP contribution in [0.5, 0.6) is 0 Å². The van der Waals surface area contributed by atoms with Crippen molar-refractivity contribution in [1.82, 2.24) is 15.5 Å². The van der Waals surface area contributed by atoms with Crippen molar-refractivity contribution < 1.29 is 27.6 Å². The monoisotopic (exact) mass is 369 g/mol. The molecule has 1 saturated carbocycles. The molecular weight excluding hydrogens is 351 g/mol. The van der Waals surface area contributed by atoms with Gasteiger partial charge in [0.05, 0.1) is 5.56 Å². The molecule has 0 radical (unpaired) electrons. The second-order valence-electron chi connectivity index (χ2n) is 6.59. The Morgan fingerprint density at radius 1 is 1.23 bits per heavy atom. The molecule has 0 bridgehead atoms. The van der Waals surface area contributed by atoms with Gasteiger partial charge < -0.3 is 10.6 Å². The molecule has 1 heterocycles. The van der Waals surface area contributed by atoms with Crippen LogP contribution in [-0.2, 0) is 22.3 Å². The summed E-state index contributed by atoms with van der Waals surface area (Å²) < 4.78 is 38.1. The highest BCUT2D eigenvalue weighted by atomic mass is 19.4. The number of carbonyl (C=O) groups excluding carboxylic acids is 3. The molecule has 9 heteroatoms. The number of imide groups is 1. The van der Waals surface area contributed by atoms with E-state index in [9.17, 15) is 27.6 Å². The summed E-state index contributed by atoms with van der Waals surface area (Å²) in [4.78, 5) is 37.4. The minimum Gasteiger partial charge on any atom is -0.350 e. The predicted molar refractivity (Wildman–Crippen MR) is 84.7 cm³/mol. The van der Waals surface area contributed by atoms with E-state index in [2.05, 4.69) is 10.6 Å². The van der Waals surface area contributed by atoms with E-state index in [0.717, 1.165) is 29.9 Å². The van der Waals surface area contributed by atoms with Crippen LogP contribution in [0.4, 0.5) is 18.0 Å². The van der Waals surface area contributed by atoms with Gasteiger partial charge in [0.25, 0.3) is 5.91 Å². The Kier molecular flexibility index (Phi) is 4.64.